The molecule has 0 spiro atoms. The second kappa shape index (κ2) is 7.27. The number of amides is 1. The van der Waals surface area contributed by atoms with Gasteiger partial charge in [-0.05, 0) is 50.1 Å². The van der Waals surface area contributed by atoms with Crippen molar-refractivity contribution in [2.75, 3.05) is 13.1 Å². The van der Waals surface area contributed by atoms with E-state index >= 15 is 0 Å². The number of halogens is 1. The maximum Gasteiger partial charge on any atom is 0.253 e. The summed E-state index contributed by atoms with van der Waals surface area (Å²) in [6.45, 7) is 3.93. The summed E-state index contributed by atoms with van der Waals surface area (Å²) in [4.78, 5) is 19.5. The van der Waals surface area contributed by atoms with Gasteiger partial charge in [0.1, 0.15) is 6.17 Å². The lowest BCUT2D eigenvalue weighted by Gasteiger charge is -2.28. The number of fused-ring (bicyclic) bond motifs is 2. The number of nitrogens with zero attached hydrogens (tertiary/aromatic N) is 4. The summed E-state index contributed by atoms with van der Waals surface area (Å²) in [5.41, 5.74) is 4.65. The molecule has 30 heavy (non-hydrogen) atoms. The molecule has 5 nitrogen and oxygen atoms in total. The Labute approximate surface area is 174 Å². The maximum absolute atomic E-state index is 13.4. The van der Waals surface area contributed by atoms with Crippen molar-refractivity contribution in [2.45, 2.75) is 32.5 Å². The van der Waals surface area contributed by atoms with Gasteiger partial charge in [-0.2, -0.15) is 0 Å². The predicted molar refractivity (Wildman–Crippen MR) is 117 cm³/mol. The lowest BCUT2D eigenvalue weighted by atomic mass is 10.1. The van der Waals surface area contributed by atoms with Crippen molar-refractivity contribution >= 4 is 27.8 Å². The van der Waals surface area contributed by atoms with E-state index in [-0.39, 0.29) is 5.91 Å². The number of alkyl halides is 1. The number of aromatic nitrogens is 3. The highest BCUT2D eigenvalue weighted by molar-refractivity contribution is 5.98. The highest BCUT2D eigenvalue weighted by atomic mass is 19.1. The highest BCUT2D eigenvalue weighted by Crippen LogP contribution is 2.30. The van der Waals surface area contributed by atoms with E-state index in [1.54, 1.807) is 4.90 Å². The number of rotatable bonds is 3. The van der Waals surface area contributed by atoms with Crippen LogP contribution < -0.4 is 0 Å². The molecular formula is C24H25FN4O. The van der Waals surface area contributed by atoms with Gasteiger partial charge in [0.2, 0.25) is 0 Å². The summed E-state index contributed by atoms with van der Waals surface area (Å²) in [5.74, 6) is 0.838. The van der Waals surface area contributed by atoms with Crippen LogP contribution in [0.4, 0.5) is 4.39 Å². The first kappa shape index (κ1) is 18.9. The van der Waals surface area contributed by atoms with Crippen molar-refractivity contribution in [3.05, 3.63) is 54.1 Å². The van der Waals surface area contributed by atoms with Crippen LogP contribution in [-0.4, -0.2) is 44.2 Å². The van der Waals surface area contributed by atoms with Crippen molar-refractivity contribution in [3.63, 3.8) is 0 Å². The van der Waals surface area contributed by atoms with E-state index in [0.29, 0.717) is 31.5 Å². The minimum Gasteiger partial charge on any atom is -0.338 e. The average molecular weight is 404 g/mol. The molecule has 1 fully saturated rings. The number of imidazole rings is 1. The van der Waals surface area contributed by atoms with E-state index in [9.17, 15) is 9.18 Å². The number of para-hydroxylation sites is 1. The Balaban J connectivity index is 1.56. The fraction of sp³-hybridized carbons (Fsp3) is 0.333. The zero-order valence-electron chi connectivity index (χ0n) is 17.3. The van der Waals surface area contributed by atoms with Gasteiger partial charge in [-0.3, -0.25) is 4.79 Å². The zero-order valence-corrected chi connectivity index (χ0v) is 17.3. The number of hydrogen-bond acceptors (Lipinski definition) is 2. The first-order valence-corrected chi connectivity index (χ1v) is 10.5. The van der Waals surface area contributed by atoms with Gasteiger partial charge in [0.25, 0.3) is 5.91 Å². The van der Waals surface area contributed by atoms with Crippen LogP contribution in [0.2, 0.25) is 0 Å². The van der Waals surface area contributed by atoms with Crippen LogP contribution in [0.3, 0.4) is 0 Å². The molecule has 4 aromatic rings. The molecule has 0 saturated carbocycles. The second-order valence-corrected chi connectivity index (χ2v) is 8.00. The SMILES string of the molecule is CCn1c(-c2nc3cc(C(=O)N4CCC(F)CC4)ccc3n2C)cc2ccccc21. The number of piperidine rings is 1. The predicted octanol–water partition coefficient (Wildman–Crippen LogP) is 4.79. The molecule has 1 aliphatic rings. The van der Waals surface area contributed by atoms with Crippen molar-refractivity contribution in [1.82, 2.24) is 19.0 Å². The summed E-state index contributed by atoms with van der Waals surface area (Å²) >= 11 is 0. The third-order valence-electron chi connectivity index (χ3n) is 6.20. The molecule has 1 saturated heterocycles. The van der Waals surface area contributed by atoms with E-state index in [1.807, 2.05) is 31.3 Å². The minimum absolute atomic E-state index is 0.0429. The van der Waals surface area contributed by atoms with E-state index in [0.717, 1.165) is 29.1 Å². The lowest BCUT2D eigenvalue weighted by Crippen LogP contribution is -2.39. The fourth-order valence-corrected chi connectivity index (χ4v) is 4.53. The molecule has 0 atom stereocenters. The monoisotopic (exact) mass is 404 g/mol. The molecule has 0 N–H and O–H groups in total. The van der Waals surface area contributed by atoms with Crippen LogP contribution in [0.5, 0.6) is 0 Å². The van der Waals surface area contributed by atoms with Gasteiger partial charge in [0, 0.05) is 43.1 Å². The van der Waals surface area contributed by atoms with Crippen LogP contribution in [0.1, 0.15) is 30.1 Å². The summed E-state index contributed by atoms with van der Waals surface area (Å²) < 4.78 is 17.8. The average Bonchev–Trinajstić information content (AvgIpc) is 3.30. The summed E-state index contributed by atoms with van der Waals surface area (Å²) in [6.07, 6.45) is 0.0484. The van der Waals surface area contributed by atoms with Gasteiger partial charge in [-0.25, -0.2) is 9.37 Å². The van der Waals surface area contributed by atoms with Crippen molar-refractivity contribution in [1.29, 1.82) is 0 Å². The molecule has 5 rings (SSSR count). The molecule has 0 aliphatic carbocycles. The molecule has 0 bridgehead atoms. The third kappa shape index (κ3) is 2.98. The molecule has 2 aromatic heterocycles. The summed E-state index contributed by atoms with van der Waals surface area (Å²) in [5, 5.41) is 1.19. The van der Waals surface area contributed by atoms with Crippen LogP contribution in [0, 0.1) is 0 Å². The number of hydrogen-bond donors (Lipinski definition) is 0. The second-order valence-electron chi connectivity index (χ2n) is 8.00. The number of carbonyl (C=O) groups is 1. The smallest absolute Gasteiger partial charge is 0.253 e. The molecule has 154 valence electrons. The fourth-order valence-electron chi connectivity index (χ4n) is 4.53. The van der Waals surface area contributed by atoms with Gasteiger partial charge in [-0.15, -0.1) is 0 Å². The molecule has 1 aliphatic heterocycles. The lowest BCUT2D eigenvalue weighted by molar-refractivity contribution is 0.0667. The van der Waals surface area contributed by atoms with Gasteiger partial charge in [0.15, 0.2) is 5.82 Å². The molecular weight excluding hydrogens is 379 g/mol. The molecule has 0 radical (unpaired) electrons. The Bertz CT molecular complexity index is 1250. The van der Waals surface area contributed by atoms with Crippen molar-refractivity contribution in [2.24, 2.45) is 7.05 Å². The van der Waals surface area contributed by atoms with E-state index in [1.165, 1.54) is 10.9 Å². The Kier molecular flexibility index (Phi) is 4.57. The first-order valence-electron chi connectivity index (χ1n) is 10.5. The number of carbonyl (C=O) groups excluding carboxylic acids is 1. The van der Waals surface area contributed by atoms with Crippen LogP contribution in [-0.2, 0) is 13.6 Å². The molecule has 6 heteroatoms. The van der Waals surface area contributed by atoms with E-state index in [4.69, 9.17) is 4.98 Å². The Morgan fingerprint density at radius 2 is 1.87 bits per heavy atom. The molecule has 0 unspecified atom stereocenters. The highest BCUT2D eigenvalue weighted by Gasteiger charge is 2.24. The number of aryl methyl sites for hydroxylation is 2. The van der Waals surface area contributed by atoms with Crippen molar-refractivity contribution < 1.29 is 9.18 Å². The molecule has 2 aromatic carbocycles. The summed E-state index contributed by atoms with van der Waals surface area (Å²) in [6, 6.07) is 16.2. The van der Waals surface area contributed by atoms with Crippen LogP contribution in [0.25, 0.3) is 33.5 Å². The molecule has 1 amide bonds. The van der Waals surface area contributed by atoms with Gasteiger partial charge < -0.3 is 14.0 Å². The van der Waals surface area contributed by atoms with Crippen molar-refractivity contribution in [3.8, 4) is 11.5 Å². The van der Waals surface area contributed by atoms with Gasteiger partial charge in [-0.1, -0.05) is 18.2 Å². The number of benzene rings is 2. The van der Waals surface area contributed by atoms with Gasteiger partial charge in [0.05, 0.1) is 16.7 Å². The third-order valence-corrected chi connectivity index (χ3v) is 6.20. The van der Waals surface area contributed by atoms with Crippen LogP contribution in [0.15, 0.2) is 48.5 Å². The minimum atomic E-state index is -0.791. The normalized spacial score (nSPS) is 15.4. The van der Waals surface area contributed by atoms with Gasteiger partial charge >= 0.3 is 0 Å². The Morgan fingerprint density at radius 3 is 2.63 bits per heavy atom. The Morgan fingerprint density at radius 1 is 1.10 bits per heavy atom. The van der Waals surface area contributed by atoms with Crippen LogP contribution >= 0.6 is 0 Å². The molecule has 3 heterocycles. The zero-order chi connectivity index (χ0) is 20.8. The Hall–Kier alpha value is -3.15. The standard InChI is InChI=1S/C24H25FN4O/c1-3-29-20-7-5-4-6-16(20)15-22(29)23-26-19-14-17(8-9-21(19)27(23)2)24(30)28-12-10-18(25)11-13-28/h4-9,14-15,18H,3,10-13H2,1-2H3. The largest absolute Gasteiger partial charge is 0.338 e. The topological polar surface area (TPSA) is 43.1 Å². The number of likely N-dealkylation sites (tertiary alicyclic amines) is 1. The van der Waals surface area contributed by atoms with E-state index in [2.05, 4.69) is 40.3 Å². The van der Waals surface area contributed by atoms with E-state index < -0.39 is 6.17 Å². The first-order chi connectivity index (χ1) is 14.6. The quantitative estimate of drug-likeness (QED) is 0.493. The summed E-state index contributed by atoms with van der Waals surface area (Å²) in [7, 11) is 2.01. The maximum atomic E-state index is 13.4.